The summed E-state index contributed by atoms with van der Waals surface area (Å²) in [6.07, 6.45) is 2.52. The minimum absolute atomic E-state index is 0.161. The standard InChI is InChI=1S/C16H20N2O2/c1-11-4-5-12(18-10-11)8-15(17)14-7-6-13(19-2)9-16(14)20-3/h4-7,9-10,15H,8,17H2,1-3H3. The fourth-order valence-corrected chi connectivity index (χ4v) is 2.08. The third kappa shape index (κ3) is 3.27. The number of aromatic nitrogens is 1. The predicted octanol–water partition coefficient (Wildman–Crippen LogP) is 2.65. The van der Waals surface area contributed by atoms with E-state index < -0.39 is 0 Å². The third-order valence-corrected chi connectivity index (χ3v) is 3.24. The number of hydrogen-bond donors (Lipinski definition) is 1. The normalized spacial score (nSPS) is 12.0. The topological polar surface area (TPSA) is 57.4 Å². The molecule has 0 saturated heterocycles. The maximum atomic E-state index is 6.27. The van der Waals surface area contributed by atoms with Crippen molar-refractivity contribution in [1.82, 2.24) is 4.98 Å². The highest BCUT2D eigenvalue weighted by molar-refractivity contribution is 5.42. The van der Waals surface area contributed by atoms with Crippen molar-refractivity contribution in [3.8, 4) is 11.5 Å². The van der Waals surface area contributed by atoms with Crippen LogP contribution in [0.5, 0.6) is 11.5 Å². The van der Waals surface area contributed by atoms with Crippen molar-refractivity contribution in [3.63, 3.8) is 0 Å². The van der Waals surface area contributed by atoms with Crippen LogP contribution in [-0.2, 0) is 6.42 Å². The van der Waals surface area contributed by atoms with Gasteiger partial charge in [0.2, 0.25) is 0 Å². The van der Waals surface area contributed by atoms with E-state index in [1.54, 1.807) is 14.2 Å². The lowest BCUT2D eigenvalue weighted by molar-refractivity contribution is 0.388. The summed E-state index contributed by atoms with van der Waals surface area (Å²) < 4.78 is 10.6. The lowest BCUT2D eigenvalue weighted by Crippen LogP contribution is -2.15. The van der Waals surface area contributed by atoms with Crippen LogP contribution < -0.4 is 15.2 Å². The first kappa shape index (κ1) is 14.3. The number of benzene rings is 1. The van der Waals surface area contributed by atoms with E-state index in [-0.39, 0.29) is 6.04 Å². The van der Waals surface area contributed by atoms with Gasteiger partial charge in [-0.1, -0.05) is 12.1 Å². The zero-order chi connectivity index (χ0) is 14.5. The zero-order valence-electron chi connectivity index (χ0n) is 12.1. The summed E-state index contributed by atoms with van der Waals surface area (Å²) in [4.78, 5) is 4.39. The van der Waals surface area contributed by atoms with Gasteiger partial charge < -0.3 is 15.2 Å². The van der Waals surface area contributed by atoms with E-state index in [0.29, 0.717) is 6.42 Å². The lowest BCUT2D eigenvalue weighted by atomic mass is 10.0. The largest absolute Gasteiger partial charge is 0.497 e. The minimum Gasteiger partial charge on any atom is -0.497 e. The molecule has 2 rings (SSSR count). The molecule has 0 amide bonds. The molecule has 106 valence electrons. The van der Waals surface area contributed by atoms with Gasteiger partial charge in [-0.15, -0.1) is 0 Å². The average molecular weight is 272 g/mol. The summed E-state index contributed by atoms with van der Waals surface area (Å²) in [5.41, 5.74) is 9.34. The Bertz CT molecular complexity index is 567. The first-order valence-corrected chi connectivity index (χ1v) is 6.53. The van der Waals surface area contributed by atoms with Crippen LogP contribution in [0.4, 0.5) is 0 Å². The van der Waals surface area contributed by atoms with Gasteiger partial charge in [0.15, 0.2) is 0 Å². The number of ether oxygens (including phenoxy) is 2. The molecule has 0 bridgehead atoms. The van der Waals surface area contributed by atoms with E-state index in [9.17, 15) is 0 Å². The molecule has 2 N–H and O–H groups in total. The number of aryl methyl sites for hydroxylation is 1. The van der Waals surface area contributed by atoms with Gasteiger partial charge in [-0.05, 0) is 24.6 Å². The second kappa shape index (κ2) is 6.39. The molecule has 0 aliphatic heterocycles. The van der Waals surface area contributed by atoms with Crippen LogP contribution in [0.2, 0.25) is 0 Å². The molecule has 2 aromatic rings. The SMILES string of the molecule is COc1ccc(C(N)Cc2ccc(C)cn2)c(OC)c1. The van der Waals surface area contributed by atoms with Crippen LogP contribution in [0, 0.1) is 6.92 Å². The van der Waals surface area contributed by atoms with Crippen molar-refractivity contribution in [2.45, 2.75) is 19.4 Å². The highest BCUT2D eigenvalue weighted by atomic mass is 16.5. The monoisotopic (exact) mass is 272 g/mol. The fraction of sp³-hybridized carbons (Fsp3) is 0.312. The highest BCUT2D eigenvalue weighted by Gasteiger charge is 2.14. The second-order valence-electron chi connectivity index (χ2n) is 4.75. The molecule has 1 unspecified atom stereocenters. The van der Waals surface area contributed by atoms with Crippen molar-refractivity contribution < 1.29 is 9.47 Å². The molecule has 0 spiro atoms. The Kier molecular flexibility index (Phi) is 4.58. The van der Waals surface area contributed by atoms with Crippen LogP contribution >= 0.6 is 0 Å². The quantitative estimate of drug-likeness (QED) is 0.909. The Morgan fingerprint density at radius 1 is 1.15 bits per heavy atom. The van der Waals surface area contributed by atoms with E-state index >= 15 is 0 Å². The highest BCUT2D eigenvalue weighted by Crippen LogP contribution is 2.29. The van der Waals surface area contributed by atoms with Gasteiger partial charge in [-0.25, -0.2) is 0 Å². The van der Waals surface area contributed by atoms with Crippen molar-refractivity contribution in [3.05, 3.63) is 53.3 Å². The summed E-state index contributed by atoms with van der Waals surface area (Å²) in [5, 5.41) is 0. The van der Waals surface area contributed by atoms with E-state index in [1.807, 2.05) is 43.5 Å². The lowest BCUT2D eigenvalue weighted by Gasteiger charge is -2.16. The van der Waals surface area contributed by atoms with Crippen molar-refractivity contribution >= 4 is 0 Å². The molecule has 1 atom stereocenters. The summed E-state index contributed by atoms with van der Waals surface area (Å²) in [6, 6.07) is 9.56. The van der Waals surface area contributed by atoms with Gasteiger partial charge in [0, 0.05) is 36.0 Å². The van der Waals surface area contributed by atoms with Crippen LogP contribution in [0.3, 0.4) is 0 Å². The number of nitrogens with two attached hydrogens (primary N) is 1. The Morgan fingerprint density at radius 3 is 2.55 bits per heavy atom. The van der Waals surface area contributed by atoms with Gasteiger partial charge in [0.05, 0.1) is 14.2 Å². The summed E-state index contributed by atoms with van der Waals surface area (Å²) >= 11 is 0. The molecule has 0 aliphatic carbocycles. The van der Waals surface area contributed by atoms with Gasteiger partial charge >= 0.3 is 0 Å². The molecular weight excluding hydrogens is 252 g/mol. The van der Waals surface area contributed by atoms with E-state index in [0.717, 1.165) is 28.3 Å². The molecule has 0 radical (unpaired) electrons. The number of pyridine rings is 1. The average Bonchev–Trinajstić information content (AvgIpc) is 2.48. The third-order valence-electron chi connectivity index (χ3n) is 3.24. The first-order valence-electron chi connectivity index (χ1n) is 6.53. The molecule has 20 heavy (non-hydrogen) atoms. The zero-order valence-corrected chi connectivity index (χ0v) is 12.1. The smallest absolute Gasteiger partial charge is 0.127 e. The minimum atomic E-state index is -0.161. The summed E-state index contributed by atoms with van der Waals surface area (Å²) in [7, 11) is 3.26. The van der Waals surface area contributed by atoms with Gasteiger partial charge in [-0.2, -0.15) is 0 Å². The molecule has 0 aliphatic rings. The number of nitrogens with zero attached hydrogens (tertiary/aromatic N) is 1. The van der Waals surface area contributed by atoms with E-state index in [2.05, 4.69) is 4.98 Å². The van der Waals surface area contributed by atoms with Crippen LogP contribution in [0.1, 0.15) is 22.9 Å². The van der Waals surface area contributed by atoms with E-state index in [4.69, 9.17) is 15.2 Å². The Labute approximate surface area is 119 Å². The van der Waals surface area contributed by atoms with Crippen molar-refractivity contribution in [1.29, 1.82) is 0 Å². The molecular formula is C16H20N2O2. The molecule has 4 nitrogen and oxygen atoms in total. The van der Waals surface area contributed by atoms with Crippen LogP contribution in [-0.4, -0.2) is 19.2 Å². The molecule has 1 aromatic carbocycles. The van der Waals surface area contributed by atoms with Crippen LogP contribution in [0.15, 0.2) is 36.5 Å². The van der Waals surface area contributed by atoms with Crippen molar-refractivity contribution in [2.24, 2.45) is 5.73 Å². The van der Waals surface area contributed by atoms with Gasteiger partial charge in [-0.3, -0.25) is 4.98 Å². The Balaban J connectivity index is 2.20. The first-order chi connectivity index (χ1) is 9.63. The maximum absolute atomic E-state index is 6.27. The molecule has 0 fully saturated rings. The molecule has 4 heteroatoms. The fourth-order valence-electron chi connectivity index (χ4n) is 2.08. The number of rotatable bonds is 5. The Morgan fingerprint density at radius 2 is 1.95 bits per heavy atom. The number of methoxy groups -OCH3 is 2. The predicted molar refractivity (Wildman–Crippen MR) is 79.2 cm³/mol. The van der Waals surface area contributed by atoms with Gasteiger partial charge in [0.1, 0.15) is 11.5 Å². The second-order valence-corrected chi connectivity index (χ2v) is 4.75. The van der Waals surface area contributed by atoms with Crippen LogP contribution in [0.25, 0.3) is 0 Å². The molecule has 0 saturated carbocycles. The molecule has 1 aromatic heterocycles. The van der Waals surface area contributed by atoms with Gasteiger partial charge in [0.25, 0.3) is 0 Å². The molecule has 1 heterocycles. The summed E-state index contributed by atoms with van der Waals surface area (Å²) in [6.45, 7) is 2.02. The maximum Gasteiger partial charge on any atom is 0.127 e. The Hall–Kier alpha value is -2.07. The van der Waals surface area contributed by atoms with E-state index in [1.165, 1.54) is 0 Å². The number of hydrogen-bond acceptors (Lipinski definition) is 4. The summed E-state index contributed by atoms with van der Waals surface area (Å²) in [5.74, 6) is 1.50. The van der Waals surface area contributed by atoms with Crippen molar-refractivity contribution in [2.75, 3.05) is 14.2 Å².